The Bertz CT molecular complexity index is 272. The number of hydrogen-bond acceptors (Lipinski definition) is 3. The van der Waals surface area contributed by atoms with Gasteiger partial charge in [-0.15, -0.1) is 3.89 Å². The molecular weight excluding hydrogens is 195 g/mol. The summed E-state index contributed by atoms with van der Waals surface area (Å²) in [7, 11) is -4.33. The van der Waals surface area contributed by atoms with Crippen LogP contribution in [0, 0.1) is 0 Å². The first kappa shape index (κ1) is 10.9. The maximum Gasteiger partial charge on any atom is 0.305 e. The summed E-state index contributed by atoms with van der Waals surface area (Å²) in [5, 5.41) is -0.833. The fourth-order valence-electron chi connectivity index (χ4n) is 1.34. The van der Waals surface area contributed by atoms with Crippen molar-refractivity contribution in [3.63, 3.8) is 0 Å². The first-order valence-electron chi connectivity index (χ1n) is 4.30. The van der Waals surface area contributed by atoms with Gasteiger partial charge >= 0.3 is 10.2 Å². The molecule has 0 aliphatic heterocycles. The van der Waals surface area contributed by atoms with Gasteiger partial charge in [-0.3, -0.25) is 0 Å². The van der Waals surface area contributed by atoms with Crippen molar-refractivity contribution in [2.24, 2.45) is 0 Å². The van der Waals surface area contributed by atoms with Gasteiger partial charge in [-0.1, -0.05) is 0 Å². The van der Waals surface area contributed by atoms with E-state index in [0.29, 0.717) is 0 Å². The molecule has 0 atom stereocenters. The van der Waals surface area contributed by atoms with Gasteiger partial charge in [-0.25, -0.2) is 0 Å². The lowest BCUT2D eigenvalue weighted by Crippen LogP contribution is -2.43. The van der Waals surface area contributed by atoms with E-state index in [1.807, 2.05) is 20.8 Å². The molecule has 5 heteroatoms. The molecule has 13 heavy (non-hydrogen) atoms. The van der Waals surface area contributed by atoms with Gasteiger partial charge in [0, 0.05) is 0 Å². The molecule has 3 nitrogen and oxygen atoms in total. The quantitative estimate of drug-likeness (QED) is 0.651. The van der Waals surface area contributed by atoms with Gasteiger partial charge < -0.3 is 4.74 Å². The Morgan fingerprint density at radius 3 is 2.08 bits per heavy atom. The zero-order valence-corrected chi connectivity index (χ0v) is 8.90. The van der Waals surface area contributed by atoms with Gasteiger partial charge in [0.05, 0.1) is 17.0 Å². The molecule has 0 unspecified atom stereocenters. The van der Waals surface area contributed by atoms with E-state index in [1.165, 1.54) is 0 Å². The third-order valence-electron chi connectivity index (χ3n) is 1.97. The fourth-order valence-corrected chi connectivity index (χ4v) is 2.23. The molecule has 78 valence electrons. The normalized spacial score (nSPS) is 29.8. The van der Waals surface area contributed by atoms with Crippen molar-refractivity contribution in [2.75, 3.05) is 0 Å². The van der Waals surface area contributed by atoms with Crippen LogP contribution < -0.4 is 0 Å². The van der Waals surface area contributed by atoms with E-state index in [2.05, 4.69) is 0 Å². The summed E-state index contributed by atoms with van der Waals surface area (Å²) in [5.74, 6) is 0. The van der Waals surface area contributed by atoms with Gasteiger partial charge in [0.15, 0.2) is 0 Å². The van der Waals surface area contributed by atoms with E-state index in [1.54, 1.807) is 0 Å². The Kier molecular flexibility index (Phi) is 2.69. The number of ether oxygens (including phenoxy) is 1. The molecular formula is C8H15FO3S. The molecule has 0 bridgehead atoms. The minimum Gasteiger partial charge on any atom is -0.373 e. The maximum atomic E-state index is 12.4. The van der Waals surface area contributed by atoms with Gasteiger partial charge in [0.1, 0.15) is 0 Å². The summed E-state index contributed by atoms with van der Waals surface area (Å²) in [6, 6.07) is 0. The highest BCUT2D eigenvalue weighted by Crippen LogP contribution is 2.32. The van der Waals surface area contributed by atoms with Crippen molar-refractivity contribution in [1.82, 2.24) is 0 Å². The van der Waals surface area contributed by atoms with Crippen LogP contribution in [-0.2, 0) is 15.0 Å². The van der Waals surface area contributed by atoms with E-state index in [9.17, 15) is 12.3 Å². The van der Waals surface area contributed by atoms with Gasteiger partial charge in [-0.2, -0.15) is 8.42 Å². The molecule has 0 amide bonds. The Hall–Kier alpha value is -0.160. The Morgan fingerprint density at radius 2 is 1.77 bits per heavy atom. The van der Waals surface area contributed by atoms with Crippen LogP contribution >= 0.6 is 0 Å². The summed E-state index contributed by atoms with van der Waals surface area (Å²) in [6.07, 6.45) is 0.474. The fraction of sp³-hybridized carbons (Fsp3) is 1.00. The lowest BCUT2D eigenvalue weighted by atomic mass is 9.94. The van der Waals surface area contributed by atoms with Crippen molar-refractivity contribution in [1.29, 1.82) is 0 Å². The SMILES string of the molecule is CC(C)(C)OC1CC(S(=O)(=O)F)C1. The Labute approximate surface area is 78.5 Å². The van der Waals surface area contributed by atoms with Crippen LogP contribution in [0.4, 0.5) is 3.89 Å². The minimum absolute atomic E-state index is 0.101. The highest BCUT2D eigenvalue weighted by molar-refractivity contribution is 7.87. The van der Waals surface area contributed by atoms with Crippen molar-refractivity contribution in [2.45, 2.75) is 50.6 Å². The average molecular weight is 210 g/mol. The van der Waals surface area contributed by atoms with Crippen LogP contribution in [0.5, 0.6) is 0 Å². The third-order valence-corrected chi connectivity index (χ3v) is 3.15. The van der Waals surface area contributed by atoms with Crippen molar-refractivity contribution < 1.29 is 17.0 Å². The van der Waals surface area contributed by atoms with Gasteiger partial charge in [0.2, 0.25) is 0 Å². The maximum absolute atomic E-state index is 12.4. The van der Waals surface area contributed by atoms with Gasteiger partial charge in [0.25, 0.3) is 0 Å². The molecule has 1 fully saturated rings. The zero-order valence-electron chi connectivity index (χ0n) is 8.08. The molecule has 1 rings (SSSR count). The zero-order chi connectivity index (χ0) is 10.3. The van der Waals surface area contributed by atoms with Crippen LogP contribution in [-0.4, -0.2) is 25.4 Å². The lowest BCUT2D eigenvalue weighted by Gasteiger charge is -2.37. The number of halogens is 1. The minimum atomic E-state index is -4.33. The van der Waals surface area contributed by atoms with E-state index >= 15 is 0 Å². The van der Waals surface area contributed by atoms with E-state index in [-0.39, 0.29) is 24.5 Å². The molecule has 0 spiro atoms. The van der Waals surface area contributed by atoms with Gasteiger partial charge in [-0.05, 0) is 33.6 Å². The molecule has 0 aromatic carbocycles. The Morgan fingerprint density at radius 1 is 1.31 bits per heavy atom. The highest BCUT2D eigenvalue weighted by atomic mass is 32.3. The second-order valence-corrected chi connectivity index (χ2v) is 6.04. The molecule has 1 saturated carbocycles. The van der Waals surface area contributed by atoms with Crippen LogP contribution in [0.15, 0.2) is 0 Å². The molecule has 0 aromatic heterocycles. The molecule has 0 heterocycles. The summed E-state index contributed by atoms with van der Waals surface area (Å²) < 4.78 is 38.6. The van der Waals surface area contributed by atoms with Crippen LogP contribution in [0.25, 0.3) is 0 Å². The molecule has 1 aliphatic carbocycles. The summed E-state index contributed by atoms with van der Waals surface area (Å²) in [5.41, 5.74) is -0.282. The van der Waals surface area contributed by atoms with Crippen LogP contribution in [0.3, 0.4) is 0 Å². The van der Waals surface area contributed by atoms with E-state index in [0.717, 1.165) is 0 Å². The summed E-state index contributed by atoms with van der Waals surface area (Å²) >= 11 is 0. The van der Waals surface area contributed by atoms with Crippen molar-refractivity contribution in [3.05, 3.63) is 0 Å². The number of hydrogen-bond donors (Lipinski definition) is 0. The first-order chi connectivity index (χ1) is 5.68. The first-order valence-corrected chi connectivity index (χ1v) is 5.74. The second kappa shape index (κ2) is 3.20. The molecule has 0 aromatic rings. The lowest BCUT2D eigenvalue weighted by molar-refractivity contribution is -0.0904. The predicted octanol–water partition coefficient (Wildman–Crippen LogP) is 1.63. The summed E-state index contributed by atoms with van der Waals surface area (Å²) in [6.45, 7) is 5.68. The number of rotatable bonds is 2. The van der Waals surface area contributed by atoms with Crippen molar-refractivity contribution in [3.8, 4) is 0 Å². The van der Waals surface area contributed by atoms with E-state index in [4.69, 9.17) is 4.74 Å². The molecule has 1 aliphatic rings. The van der Waals surface area contributed by atoms with Crippen LogP contribution in [0.2, 0.25) is 0 Å². The smallest absolute Gasteiger partial charge is 0.305 e. The predicted molar refractivity (Wildman–Crippen MR) is 47.7 cm³/mol. The largest absolute Gasteiger partial charge is 0.373 e. The Balaban J connectivity index is 2.35. The van der Waals surface area contributed by atoms with Crippen LogP contribution in [0.1, 0.15) is 33.6 Å². The average Bonchev–Trinajstić information content (AvgIpc) is 1.71. The van der Waals surface area contributed by atoms with E-state index < -0.39 is 15.5 Å². The topological polar surface area (TPSA) is 43.4 Å². The molecule has 0 N–H and O–H groups in total. The standard InChI is InChI=1S/C8H15FO3S/c1-8(2,3)12-6-4-7(5-6)13(9,10)11/h6-7H,4-5H2,1-3H3. The second-order valence-electron chi connectivity index (χ2n) is 4.42. The molecule has 0 saturated heterocycles. The highest BCUT2D eigenvalue weighted by Gasteiger charge is 2.41. The molecule has 0 radical (unpaired) electrons. The monoisotopic (exact) mass is 210 g/mol. The summed E-state index contributed by atoms with van der Waals surface area (Å²) in [4.78, 5) is 0. The third kappa shape index (κ3) is 3.23. The van der Waals surface area contributed by atoms with Crippen molar-refractivity contribution >= 4 is 10.2 Å².